The highest BCUT2D eigenvalue weighted by Crippen LogP contribution is 2.22. The van der Waals surface area contributed by atoms with Gasteiger partial charge in [-0.25, -0.2) is 0 Å². The van der Waals surface area contributed by atoms with E-state index < -0.39 is 17.1 Å². The minimum atomic E-state index is -1.27. The summed E-state index contributed by atoms with van der Waals surface area (Å²) in [5.41, 5.74) is 1.55. The van der Waals surface area contributed by atoms with Gasteiger partial charge in [0.25, 0.3) is 0 Å². The maximum atomic E-state index is 11.6. The first-order valence-corrected chi connectivity index (χ1v) is 8.90. The lowest BCUT2D eigenvalue weighted by molar-refractivity contribution is -0.305. The Bertz CT molecular complexity index is 686. The average molecular weight is 362 g/mol. The number of benzene rings is 1. The molecule has 1 aromatic carbocycles. The topological polar surface area (TPSA) is 103 Å². The summed E-state index contributed by atoms with van der Waals surface area (Å²) in [6.07, 6.45) is 1.75. The van der Waals surface area contributed by atoms with Crippen LogP contribution < -0.4 is 15.2 Å². The van der Waals surface area contributed by atoms with Gasteiger partial charge in [0, 0.05) is 12.4 Å². The van der Waals surface area contributed by atoms with Crippen LogP contribution >= 0.6 is 11.8 Å². The van der Waals surface area contributed by atoms with Crippen LogP contribution in [0.15, 0.2) is 34.5 Å². The van der Waals surface area contributed by atoms with Gasteiger partial charge in [-0.1, -0.05) is 25.1 Å². The Balaban J connectivity index is 1.97. The van der Waals surface area contributed by atoms with Crippen LogP contribution in [0.25, 0.3) is 0 Å². The lowest BCUT2D eigenvalue weighted by Gasteiger charge is -2.06. The van der Waals surface area contributed by atoms with Gasteiger partial charge in [0.05, 0.1) is 17.6 Å². The van der Waals surface area contributed by atoms with E-state index in [9.17, 15) is 14.7 Å². The molecule has 0 saturated carbocycles. The largest absolute Gasteiger partial charge is 0.550 e. The van der Waals surface area contributed by atoms with E-state index >= 15 is 0 Å². The molecule has 0 spiro atoms. The van der Waals surface area contributed by atoms with Crippen molar-refractivity contribution in [1.82, 2.24) is 5.32 Å². The van der Waals surface area contributed by atoms with E-state index in [0.29, 0.717) is 12.3 Å². The van der Waals surface area contributed by atoms with Crippen molar-refractivity contribution in [3.8, 4) is 5.75 Å². The number of rotatable bonds is 8. The summed E-state index contributed by atoms with van der Waals surface area (Å²) in [5, 5.41) is 20.7. The standard InChI is InChI=1S/C17H21N3O4S/c1-3-4-9-24-13-7-5-12(6-8-13)11(2)19-20-17-18-16(23)14(25-17)10-15(21)22/h5-8,14H,3-4,9-10H2,1-2H3,(H,21,22)(H,18,20,23)/p-1/b19-11+/t14-/m0/s1. The van der Waals surface area contributed by atoms with Gasteiger partial charge in [0.15, 0.2) is 5.17 Å². The van der Waals surface area contributed by atoms with Crippen LogP contribution in [0.4, 0.5) is 0 Å². The van der Waals surface area contributed by atoms with E-state index in [2.05, 4.69) is 22.4 Å². The van der Waals surface area contributed by atoms with Crippen LogP contribution in [0.2, 0.25) is 0 Å². The predicted octanol–water partition coefficient (Wildman–Crippen LogP) is 1.32. The molecule has 25 heavy (non-hydrogen) atoms. The third-order valence-corrected chi connectivity index (χ3v) is 4.53. The summed E-state index contributed by atoms with van der Waals surface area (Å²) in [4.78, 5) is 22.2. The highest BCUT2D eigenvalue weighted by molar-refractivity contribution is 8.15. The number of aliphatic carboxylic acids is 1. The molecule has 1 saturated heterocycles. The molecule has 8 heteroatoms. The summed E-state index contributed by atoms with van der Waals surface area (Å²) in [5.74, 6) is -0.857. The van der Waals surface area contributed by atoms with Crippen molar-refractivity contribution < 1.29 is 19.4 Å². The molecule has 1 heterocycles. The molecule has 1 aromatic rings. The number of hydrogen-bond acceptors (Lipinski definition) is 7. The van der Waals surface area contributed by atoms with Crippen LogP contribution in [0, 0.1) is 0 Å². The molecule has 1 atom stereocenters. The van der Waals surface area contributed by atoms with Crippen LogP contribution in [0.3, 0.4) is 0 Å². The number of hydrogen-bond donors (Lipinski definition) is 1. The zero-order chi connectivity index (χ0) is 18.2. The van der Waals surface area contributed by atoms with E-state index in [1.165, 1.54) is 0 Å². The highest BCUT2D eigenvalue weighted by Gasteiger charge is 2.30. The summed E-state index contributed by atoms with van der Waals surface area (Å²) >= 11 is 1.04. The lowest BCUT2D eigenvalue weighted by atomic mass is 10.1. The normalized spacial score (nSPS) is 19.1. The molecular weight excluding hydrogens is 342 g/mol. The van der Waals surface area contributed by atoms with Crippen molar-refractivity contribution in [2.45, 2.75) is 38.4 Å². The first-order chi connectivity index (χ1) is 12.0. The Kier molecular flexibility index (Phi) is 7.00. The molecule has 1 fully saturated rings. The number of carboxylic acid groups (broad SMARTS) is 1. The molecule has 0 radical (unpaired) electrons. The van der Waals surface area contributed by atoms with Crippen molar-refractivity contribution in [3.05, 3.63) is 29.8 Å². The average Bonchev–Trinajstić information content (AvgIpc) is 2.92. The minimum absolute atomic E-state index is 0.287. The molecule has 134 valence electrons. The maximum absolute atomic E-state index is 11.6. The smallest absolute Gasteiger partial charge is 0.239 e. The zero-order valence-electron chi connectivity index (χ0n) is 14.2. The number of carbonyl (C=O) groups is 2. The van der Waals surface area contributed by atoms with E-state index in [4.69, 9.17) is 4.74 Å². The van der Waals surface area contributed by atoms with Gasteiger partial charge in [-0.3, -0.25) is 4.79 Å². The van der Waals surface area contributed by atoms with Crippen LogP contribution in [0.5, 0.6) is 5.75 Å². The summed E-state index contributed by atoms with van der Waals surface area (Å²) in [6.45, 7) is 4.61. The van der Waals surface area contributed by atoms with E-state index in [0.717, 1.165) is 35.9 Å². The summed E-state index contributed by atoms with van der Waals surface area (Å²) in [6, 6.07) is 7.53. The molecule has 0 aromatic heterocycles. The first-order valence-electron chi connectivity index (χ1n) is 8.02. The number of carboxylic acids is 1. The van der Waals surface area contributed by atoms with Crippen molar-refractivity contribution in [2.75, 3.05) is 6.61 Å². The van der Waals surface area contributed by atoms with Gasteiger partial charge in [0.2, 0.25) is 5.91 Å². The fourth-order valence-electron chi connectivity index (χ4n) is 2.04. The second kappa shape index (κ2) is 9.22. The van der Waals surface area contributed by atoms with E-state index in [-0.39, 0.29) is 11.6 Å². The molecule has 1 aliphatic heterocycles. The molecule has 1 amide bonds. The van der Waals surface area contributed by atoms with Crippen molar-refractivity contribution in [3.63, 3.8) is 0 Å². The molecule has 1 aliphatic rings. The van der Waals surface area contributed by atoms with Crippen LogP contribution in [-0.4, -0.2) is 34.6 Å². The Hall–Kier alpha value is -2.35. The maximum Gasteiger partial charge on any atom is 0.239 e. The van der Waals surface area contributed by atoms with Crippen molar-refractivity contribution >= 4 is 34.5 Å². The molecule has 0 aliphatic carbocycles. The van der Waals surface area contributed by atoms with Gasteiger partial charge >= 0.3 is 0 Å². The number of thioether (sulfide) groups is 1. The van der Waals surface area contributed by atoms with Crippen LogP contribution in [0.1, 0.15) is 38.7 Å². The third kappa shape index (κ3) is 5.90. The summed E-state index contributed by atoms with van der Waals surface area (Å²) < 4.78 is 5.61. The lowest BCUT2D eigenvalue weighted by Crippen LogP contribution is -2.31. The highest BCUT2D eigenvalue weighted by atomic mass is 32.2. The molecule has 0 bridgehead atoms. The van der Waals surface area contributed by atoms with E-state index in [1.807, 2.05) is 24.3 Å². The number of carbonyl (C=O) groups excluding carboxylic acids is 2. The predicted molar refractivity (Wildman–Crippen MR) is 95.6 cm³/mol. The summed E-state index contributed by atoms with van der Waals surface area (Å²) in [7, 11) is 0. The number of nitrogens with zero attached hydrogens (tertiary/aromatic N) is 2. The van der Waals surface area contributed by atoms with Gasteiger partial charge in [0.1, 0.15) is 5.75 Å². The fourth-order valence-corrected chi connectivity index (χ4v) is 2.95. The van der Waals surface area contributed by atoms with Crippen molar-refractivity contribution in [2.24, 2.45) is 10.2 Å². The zero-order valence-corrected chi connectivity index (χ0v) is 15.0. The number of amidine groups is 1. The van der Waals surface area contributed by atoms with Gasteiger partial charge in [-0.15, -0.1) is 5.10 Å². The first kappa shape index (κ1) is 19.0. The molecule has 0 unspecified atom stereocenters. The van der Waals surface area contributed by atoms with Gasteiger partial charge in [-0.2, -0.15) is 5.10 Å². The number of unbranched alkanes of at least 4 members (excludes halogenated alkanes) is 1. The minimum Gasteiger partial charge on any atom is -0.550 e. The number of nitrogens with one attached hydrogen (secondary N) is 1. The van der Waals surface area contributed by atoms with E-state index in [1.54, 1.807) is 6.92 Å². The molecule has 1 N–H and O–H groups in total. The van der Waals surface area contributed by atoms with Gasteiger partial charge < -0.3 is 20.0 Å². The number of amides is 1. The Labute approximate surface area is 150 Å². The molecular formula is C17H20N3O4S-. The Morgan fingerprint density at radius 1 is 1.36 bits per heavy atom. The van der Waals surface area contributed by atoms with Crippen molar-refractivity contribution in [1.29, 1.82) is 0 Å². The van der Waals surface area contributed by atoms with Gasteiger partial charge in [-0.05, 0) is 43.2 Å². The Morgan fingerprint density at radius 3 is 2.72 bits per heavy atom. The molecule has 7 nitrogen and oxygen atoms in total. The quantitative estimate of drug-likeness (QED) is 0.427. The monoisotopic (exact) mass is 362 g/mol. The van der Waals surface area contributed by atoms with Crippen LogP contribution in [-0.2, 0) is 9.59 Å². The third-order valence-electron chi connectivity index (χ3n) is 3.46. The number of ether oxygens (including phenoxy) is 1. The SMILES string of the molecule is CCCCOc1ccc(/C(C)=N/N=C2\NC(=O)[C@H](CC(=O)[O-])S2)cc1. The molecule has 2 rings (SSSR count). The second-order valence-corrected chi connectivity index (χ2v) is 6.68. The fraction of sp³-hybridized carbons (Fsp3) is 0.412. The second-order valence-electron chi connectivity index (χ2n) is 5.49. The Morgan fingerprint density at radius 2 is 2.08 bits per heavy atom.